The van der Waals surface area contributed by atoms with Gasteiger partial charge in [0.1, 0.15) is 23.9 Å². The van der Waals surface area contributed by atoms with Crippen LogP contribution in [0.25, 0.3) is 0 Å². The van der Waals surface area contributed by atoms with E-state index in [-0.39, 0.29) is 17.4 Å². The van der Waals surface area contributed by atoms with Gasteiger partial charge in [-0.3, -0.25) is 4.79 Å². The summed E-state index contributed by atoms with van der Waals surface area (Å²) in [6, 6.07) is 13.5. The van der Waals surface area contributed by atoms with Crippen LogP contribution in [0.4, 0.5) is 0 Å². The van der Waals surface area contributed by atoms with E-state index in [4.69, 9.17) is 14.2 Å². The van der Waals surface area contributed by atoms with Crippen LogP contribution in [-0.2, 0) is 14.8 Å². The number of methoxy groups -OCH3 is 1. The number of ether oxygens (including phenoxy) is 3. The van der Waals surface area contributed by atoms with Crippen LogP contribution in [0.15, 0.2) is 53.4 Å². The Bertz CT molecular complexity index is 987. The lowest BCUT2D eigenvalue weighted by atomic mass is 10.2. The number of hydrogen-bond acceptors (Lipinski definition) is 6. The van der Waals surface area contributed by atoms with Crippen LogP contribution in [-0.4, -0.2) is 58.1 Å². The Balaban J connectivity index is 1.44. The molecule has 1 N–H and O–H groups in total. The SMILES string of the molecule is CCC(Oc1ccc(OC)cc1)C(=O)NCCOc1ccc(S(=O)(=O)N2CCCCC2)cc1. The summed E-state index contributed by atoms with van der Waals surface area (Å²) in [7, 11) is -1.87. The molecule has 1 amide bonds. The van der Waals surface area contributed by atoms with Gasteiger partial charge in [-0.25, -0.2) is 8.42 Å². The molecule has 3 rings (SSSR count). The number of amides is 1. The molecule has 1 aliphatic rings. The number of carbonyl (C=O) groups is 1. The first-order valence-electron chi connectivity index (χ1n) is 11.3. The van der Waals surface area contributed by atoms with E-state index < -0.39 is 16.1 Å². The number of sulfonamides is 1. The summed E-state index contributed by atoms with van der Waals surface area (Å²) in [5.74, 6) is 1.63. The highest BCUT2D eigenvalue weighted by Gasteiger charge is 2.25. The van der Waals surface area contributed by atoms with Gasteiger partial charge in [0.05, 0.1) is 18.6 Å². The van der Waals surface area contributed by atoms with Crippen molar-refractivity contribution in [2.24, 2.45) is 0 Å². The predicted molar refractivity (Wildman–Crippen MR) is 125 cm³/mol. The highest BCUT2D eigenvalue weighted by atomic mass is 32.2. The van der Waals surface area contributed by atoms with Gasteiger partial charge in [-0.05, 0) is 67.8 Å². The minimum absolute atomic E-state index is 0.222. The highest BCUT2D eigenvalue weighted by molar-refractivity contribution is 7.89. The van der Waals surface area contributed by atoms with Gasteiger partial charge in [-0.15, -0.1) is 0 Å². The summed E-state index contributed by atoms with van der Waals surface area (Å²) in [5, 5.41) is 2.81. The number of carbonyl (C=O) groups excluding carboxylic acids is 1. The second-order valence-corrected chi connectivity index (χ2v) is 9.70. The third-order valence-corrected chi connectivity index (χ3v) is 7.36. The van der Waals surface area contributed by atoms with Crippen molar-refractivity contribution in [2.75, 3.05) is 33.4 Å². The summed E-state index contributed by atoms with van der Waals surface area (Å²) in [5.41, 5.74) is 0. The summed E-state index contributed by atoms with van der Waals surface area (Å²) < 4.78 is 43.5. The van der Waals surface area contributed by atoms with Gasteiger partial charge >= 0.3 is 0 Å². The molecule has 0 aromatic heterocycles. The van der Waals surface area contributed by atoms with Crippen molar-refractivity contribution >= 4 is 15.9 Å². The summed E-state index contributed by atoms with van der Waals surface area (Å²) in [6.45, 7) is 3.57. The summed E-state index contributed by atoms with van der Waals surface area (Å²) >= 11 is 0. The van der Waals surface area contributed by atoms with Gasteiger partial charge in [-0.2, -0.15) is 4.31 Å². The lowest BCUT2D eigenvalue weighted by molar-refractivity contribution is -0.128. The topological polar surface area (TPSA) is 94.2 Å². The van der Waals surface area contributed by atoms with Crippen molar-refractivity contribution < 1.29 is 27.4 Å². The maximum atomic E-state index is 12.7. The zero-order valence-electron chi connectivity index (χ0n) is 19.2. The second kappa shape index (κ2) is 11.9. The van der Waals surface area contributed by atoms with E-state index in [1.807, 2.05) is 6.92 Å². The van der Waals surface area contributed by atoms with Crippen LogP contribution in [0.3, 0.4) is 0 Å². The molecule has 9 heteroatoms. The van der Waals surface area contributed by atoms with Crippen LogP contribution in [0, 0.1) is 0 Å². The number of hydrogen-bond donors (Lipinski definition) is 1. The van der Waals surface area contributed by atoms with Crippen LogP contribution < -0.4 is 19.5 Å². The summed E-state index contributed by atoms with van der Waals surface area (Å²) in [4.78, 5) is 12.7. The quantitative estimate of drug-likeness (QED) is 0.501. The molecule has 2 aromatic carbocycles. The van der Waals surface area contributed by atoms with Crippen LogP contribution in [0.2, 0.25) is 0 Å². The number of benzene rings is 2. The van der Waals surface area contributed by atoms with Gasteiger partial charge in [0, 0.05) is 13.1 Å². The molecular weight excluding hydrogens is 444 g/mol. The Labute approximate surface area is 195 Å². The molecule has 33 heavy (non-hydrogen) atoms. The van der Waals surface area contributed by atoms with Crippen molar-refractivity contribution in [1.82, 2.24) is 9.62 Å². The lowest BCUT2D eigenvalue weighted by Crippen LogP contribution is -2.39. The third-order valence-electron chi connectivity index (χ3n) is 5.45. The number of nitrogens with one attached hydrogen (secondary N) is 1. The first-order chi connectivity index (χ1) is 15.9. The zero-order valence-corrected chi connectivity index (χ0v) is 20.0. The smallest absolute Gasteiger partial charge is 0.261 e. The molecule has 8 nitrogen and oxygen atoms in total. The molecule has 180 valence electrons. The molecule has 1 aliphatic heterocycles. The molecule has 0 spiro atoms. The van der Waals surface area contributed by atoms with E-state index in [0.717, 1.165) is 19.3 Å². The fraction of sp³-hybridized carbons (Fsp3) is 0.458. The molecule has 1 fully saturated rings. The predicted octanol–water partition coefficient (Wildman–Crippen LogP) is 3.22. The molecule has 0 saturated carbocycles. The summed E-state index contributed by atoms with van der Waals surface area (Å²) in [6.07, 6.45) is 2.78. The van der Waals surface area contributed by atoms with Crippen molar-refractivity contribution in [3.63, 3.8) is 0 Å². The molecule has 1 heterocycles. The van der Waals surface area contributed by atoms with E-state index in [9.17, 15) is 13.2 Å². The maximum Gasteiger partial charge on any atom is 0.261 e. The first-order valence-corrected chi connectivity index (χ1v) is 12.7. The lowest BCUT2D eigenvalue weighted by Gasteiger charge is -2.25. The fourth-order valence-electron chi connectivity index (χ4n) is 3.56. The first kappa shape index (κ1) is 24.9. The van der Waals surface area contributed by atoms with E-state index in [2.05, 4.69) is 5.32 Å². The van der Waals surface area contributed by atoms with Crippen LogP contribution in [0.1, 0.15) is 32.6 Å². The maximum absolute atomic E-state index is 12.7. The van der Waals surface area contributed by atoms with Gasteiger partial charge in [0.2, 0.25) is 10.0 Å². The van der Waals surface area contributed by atoms with E-state index >= 15 is 0 Å². The Kier molecular flexibility index (Phi) is 8.96. The zero-order chi connectivity index (χ0) is 23.7. The molecule has 1 atom stereocenters. The average molecular weight is 477 g/mol. The fourth-order valence-corrected chi connectivity index (χ4v) is 5.08. The van der Waals surface area contributed by atoms with Crippen molar-refractivity contribution in [3.8, 4) is 17.2 Å². The van der Waals surface area contributed by atoms with Gasteiger partial charge < -0.3 is 19.5 Å². The third kappa shape index (κ3) is 6.85. The molecular formula is C24H32N2O6S. The Morgan fingerprint density at radius 3 is 2.18 bits per heavy atom. The molecule has 0 aliphatic carbocycles. The molecule has 1 unspecified atom stereocenters. The minimum atomic E-state index is -3.46. The van der Waals surface area contributed by atoms with Gasteiger partial charge in [-0.1, -0.05) is 13.3 Å². The average Bonchev–Trinajstić information content (AvgIpc) is 2.86. The van der Waals surface area contributed by atoms with E-state index in [1.165, 1.54) is 0 Å². The van der Waals surface area contributed by atoms with E-state index in [0.29, 0.717) is 43.3 Å². The van der Waals surface area contributed by atoms with Gasteiger partial charge in [0.25, 0.3) is 5.91 Å². The van der Waals surface area contributed by atoms with Crippen molar-refractivity contribution in [2.45, 2.75) is 43.6 Å². The van der Waals surface area contributed by atoms with E-state index in [1.54, 1.807) is 59.9 Å². The largest absolute Gasteiger partial charge is 0.497 e. The monoisotopic (exact) mass is 476 g/mol. The molecule has 0 bridgehead atoms. The second-order valence-electron chi connectivity index (χ2n) is 7.77. The number of rotatable bonds is 11. The normalized spacial score (nSPS) is 15.5. The molecule has 0 radical (unpaired) electrons. The Morgan fingerprint density at radius 1 is 0.970 bits per heavy atom. The Morgan fingerprint density at radius 2 is 1.58 bits per heavy atom. The standard InChI is InChI=1S/C24H32N2O6S/c1-3-23(32-21-9-7-19(30-2)8-10-21)24(27)25-15-18-31-20-11-13-22(14-12-20)33(28,29)26-16-5-4-6-17-26/h7-14,23H,3-6,15-18H2,1-2H3,(H,25,27). The minimum Gasteiger partial charge on any atom is -0.497 e. The Hall–Kier alpha value is -2.78. The number of piperidine rings is 1. The number of nitrogens with zero attached hydrogens (tertiary/aromatic N) is 1. The van der Waals surface area contributed by atoms with Crippen LogP contribution in [0.5, 0.6) is 17.2 Å². The van der Waals surface area contributed by atoms with Gasteiger partial charge in [0.15, 0.2) is 6.10 Å². The highest BCUT2D eigenvalue weighted by Crippen LogP contribution is 2.23. The van der Waals surface area contributed by atoms with Crippen molar-refractivity contribution in [1.29, 1.82) is 0 Å². The molecule has 1 saturated heterocycles. The van der Waals surface area contributed by atoms with Crippen molar-refractivity contribution in [3.05, 3.63) is 48.5 Å². The molecule has 2 aromatic rings. The van der Waals surface area contributed by atoms with Crippen LogP contribution >= 0.6 is 0 Å².